The van der Waals surface area contributed by atoms with Gasteiger partial charge in [0.05, 0.1) is 6.04 Å². The van der Waals surface area contributed by atoms with Crippen LogP contribution in [0.1, 0.15) is 25.3 Å². The van der Waals surface area contributed by atoms with Gasteiger partial charge in [0.2, 0.25) is 5.91 Å². The lowest BCUT2D eigenvalue weighted by atomic mass is 10.2. The maximum atomic E-state index is 11.7. The van der Waals surface area contributed by atoms with E-state index in [0.29, 0.717) is 0 Å². The monoisotopic (exact) mass is 235 g/mol. The fourth-order valence-corrected chi connectivity index (χ4v) is 2.25. The topological polar surface area (TPSA) is 37.3 Å². The molecule has 1 aliphatic heterocycles. The molecule has 2 heterocycles. The van der Waals surface area contributed by atoms with Gasteiger partial charge in [-0.05, 0) is 24.5 Å². The molecule has 4 heteroatoms. The summed E-state index contributed by atoms with van der Waals surface area (Å²) in [5, 5.41) is 3.33. The zero-order valence-corrected chi connectivity index (χ0v) is 10.6. The number of aromatic nitrogens is 1. The van der Waals surface area contributed by atoms with Gasteiger partial charge >= 0.3 is 0 Å². The van der Waals surface area contributed by atoms with Crippen molar-refractivity contribution in [1.29, 1.82) is 0 Å². The molecule has 1 amide bonds. The van der Waals surface area contributed by atoms with Gasteiger partial charge in [0, 0.05) is 39.1 Å². The van der Waals surface area contributed by atoms with Crippen LogP contribution in [0, 0.1) is 0 Å². The van der Waals surface area contributed by atoms with Crippen molar-refractivity contribution in [3.05, 3.63) is 24.0 Å². The van der Waals surface area contributed by atoms with Gasteiger partial charge in [-0.3, -0.25) is 4.79 Å². The van der Waals surface area contributed by atoms with Crippen LogP contribution < -0.4 is 5.32 Å². The lowest BCUT2D eigenvalue weighted by Crippen LogP contribution is -2.36. The summed E-state index contributed by atoms with van der Waals surface area (Å²) in [6.45, 7) is 4.88. The highest BCUT2D eigenvalue weighted by Crippen LogP contribution is 2.10. The summed E-state index contributed by atoms with van der Waals surface area (Å²) < 4.78 is 2.19. The van der Waals surface area contributed by atoms with E-state index in [0.717, 1.165) is 32.5 Å². The molecule has 1 fully saturated rings. The summed E-state index contributed by atoms with van der Waals surface area (Å²) >= 11 is 0. The number of rotatable bonds is 5. The van der Waals surface area contributed by atoms with Gasteiger partial charge in [0.15, 0.2) is 0 Å². The highest BCUT2D eigenvalue weighted by molar-refractivity contribution is 5.83. The minimum Gasteiger partial charge on any atom is -0.354 e. The van der Waals surface area contributed by atoms with Gasteiger partial charge in [-0.1, -0.05) is 6.92 Å². The minimum atomic E-state index is 0.00882. The minimum absolute atomic E-state index is 0.00882. The van der Waals surface area contributed by atoms with Crippen molar-refractivity contribution in [3.63, 3.8) is 0 Å². The number of carbonyl (C=O) groups excluding carboxylic acids is 1. The van der Waals surface area contributed by atoms with Crippen molar-refractivity contribution < 1.29 is 4.79 Å². The van der Waals surface area contributed by atoms with Crippen molar-refractivity contribution in [2.75, 3.05) is 13.6 Å². The van der Waals surface area contributed by atoms with E-state index in [-0.39, 0.29) is 11.9 Å². The van der Waals surface area contributed by atoms with Crippen molar-refractivity contribution in [2.24, 2.45) is 0 Å². The SMILES string of the molecule is CCCn1ccc(CNC2CCN(C)C2=O)c1. The predicted octanol–water partition coefficient (Wildman–Crippen LogP) is 1.22. The first-order chi connectivity index (χ1) is 8.20. The Labute approximate surface area is 103 Å². The number of hydrogen-bond acceptors (Lipinski definition) is 2. The average Bonchev–Trinajstić information content (AvgIpc) is 2.87. The standard InChI is InChI=1S/C13H21N3O/c1-3-6-16-8-4-11(10-16)9-14-12-5-7-15(2)13(12)17/h4,8,10,12,14H,3,5-7,9H2,1-2H3. The van der Waals surface area contributed by atoms with Gasteiger partial charge in [-0.25, -0.2) is 0 Å². The molecule has 1 aromatic heterocycles. The summed E-state index contributed by atoms with van der Waals surface area (Å²) in [7, 11) is 1.86. The molecule has 4 nitrogen and oxygen atoms in total. The first-order valence-corrected chi connectivity index (χ1v) is 6.33. The molecule has 1 aliphatic rings. The number of carbonyl (C=O) groups is 1. The Morgan fingerprint density at radius 3 is 3.00 bits per heavy atom. The van der Waals surface area contributed by atoms with Gasteiger partial charge in [0.25, 0.3) is 0 Å². The Morgan fingerprint density at radius 2 is 2.35 bits per heavy atom. The summed E-state index contributed by atoms with van der Waals surface area (Å²) in [5.41, 5.74) is 1.25. The first-order valence-electron chi connectivity index (χ1n) is 6.33. The number of aryl methyl sites for hydroxylation is 1. The maximum absolute atomic E-state index is 11.7. The van der Waals surface area contributed by atoms with Crippen LogP contribution in [0.15, 0.2) is 18.5 Å². The maximum Gasteiger partial charge on any atom is 0.239 e. The molecule has 1 aromatic rings. The molecule has 17 heavy (non-hydrogen) atoms. The molecule has 1 atom stereocenters. The summed E-state index contributed by atoms with van der Waals surface area (Å²) in [6, 6.07) is 2.13. The quantitative estimate of drug-likeness (QED) is 0.833. The second-order valence-corrected chi connectivity index (χ2v) is 4.74. The van der Waals surface area contributed by atoms with E-state index in [4.69, 9.17) is 0 Å². The van der Waals surface area contributed by atoms with E-state index in [9.17, 15) is 4.79 Å². The number of hydrogen-bond donors (Lipinski definition) is 1. The van der Waals surface area contributed by atoms with Crippen LogP contribution in [0.3, 0.4) is 0 Å². The number of nitrogens with zero attached hydrogens (tertiary/aromatic N) is 2. The predicted molar refractivity (Wildman–Crippen MR) is 67.6 cm³/mol. The lowest BCUT2D eigenvalue weighted by molar-refractivity contribution is -0.128. The average molecular weight is 235 g/mol. The third-order valence-corrected chi connectivity index (χ3v) is 3.27. The number of likely N-dealkylation sites (N-methyl/N-ethyl adjacent to an activating group) is 1. The van der Waals surface area contributed by atoms with Crippen molar-refractivity contribution >= 4 is 5.91 Å². The second kappa shape index (κ2) is 5.36. The zero-order chi connectivity index (χ0) is 12.3. The molecule has 1 saturated heterocycles. The van der Waals surface area contributed by atoms with Crippen molar-refractivity contribution in [3.8, 4) is 0 Å². The molecule has 1 N–H and O–H groups in total. The van der Waals surface area contributed by atoms with E-state index >= 15 is 0 Å². The van der Waals surface area contributed by atoms with Crippen LogP contribution in [0.25, 0.3) is 0 Å². The molecular formula is C13H21N3O. The number of amides is 1. The van der Waals surface area contributed by atoms with Crippen LogP contribution in [0.4, 0.5) is 0 Å². The largest absolute Gasteiger partial charge is 0.354 e. The van der Waals surface area contributed by atoms with Crippen LogP contribution in [-0.4, -0.2) is 35.0 Å². The Bertz CT molecular complexity index is 386. The Balaban J connectivity index is 1.83. The molecule has 0 aliphatic carbocycles. The third-order valence-electron chi connectivity index (χ3n) is 3.27. The second-order valence-electron chi connectivity index (χ2n) is 4.74. The van der Waals surface area contributed by atoms with Crippen LogP contribution in [-0.2, 0) is 17.9 Å². The molecule has 0 aromatic carbocycles. The number of likely N-dealkylation sites (tertiary alicyclic amines) is 1. The van der Waals surface area contributed by atoms with Crippen LogP contribution >= 0.6 is 0 Å². The molecule has 2 rings (SSSR count). The fourth-order valence-electron chi connectivity index (χ4n) is 2.25. The highest BCUT2D eigenvalue weighted by Gasteiger charge is 2.28. The molecule has 1 unspecified atom stereocenters. The molecule has 0 radical (unpaired) electrons. The lowest BCUT2D eigenvalue weighted by Gasteiger charge is -2.11. The van der Waals surface area contributed by atoms with E-state index < -0.39 is 0 Å². The fraction of sp³-hybridized carbons (Fsp3) is 0.615. The molecule has 0 spiro atoms. The smallest absolute Gasteiger partial charge is 0.239 e. The van der Waals surface area contributed by atoms with Crippen molar-refractivity contribution in [2.45, 2.75) is 38.9 Å². The first kappa shape index (κ1) is 12.2. The summed E-state index contributed by atoms with van der Waals surface area (Å²) in [4.78, 5) is 13.5. The molecule has 0 bridgehead atoms. The van der Waals surface area contributed by atoms with E-state index in [1.807, 2.05) is 7.05 Å². The summed E-state index contributed by atoms with van der Waals surface area (Å²) in [6.07, 6.45) is 6.32. The number of nitrogens with one attached hydrogen (secondary N) is 1. The van der Waals surface area contributed by atoms with E-state index in [1.165, 1.54) is 5.56 Å². The van der Waals surface area contributed by atoms with Gasteiger partial charge < -0.3 is 14.8 Å². The van der Waals surface area contributed by atoms with Gasteiger partial charge in [-0.2, -0.15) is 0 Å². The molecule has 94 valence electrons. The van der Waals surface area contributed by atoms with Gasteiger partial charge in [-0.15, -0.1) is 0 Å². The zero-order valence-electron chi connectivity index (χ0n) is 10.6. The van der Waals surface area contributed by atoms with E-state index in [1.54, 1.807) is 4.90 Å². The van der Waals surface area contributed by atoms with Crippen LogP contribution in [0.5, 0.6) is 0 Å². The van der Waals surface area contributed by atoms with Crippen molar-refractivity contribution in [1.82, 2.24) is 14.8 Å². The Kier molecular flexibility index (Phi) is 3.84. The Morgan fingerprint density at radius 1 is 1.53 bits per heavy atom. The third kappa shape index (κ3) is 2.88. The molecule has 0 saturated carbocycles. The Hall–Kier alpha value is -1.29. The summed E-state index contributed by atoms with van der Waals surface area (Å²) in [5.74, 6) is 0.220. The van der Waals surface area contributed by atoms with E-state index in [2.05, 4.69) is 35.3 Å². The normalized spacial score (nSPS) is 20.2. The highest BCUT2D eigenvalue weighted by atomic mass is 16.2. The van der Waals surface area contributed by atoms with Crippen LogP contribution in [0.2, 0.25) is 0 Å². The van der Waals surface area contributed by atoms with Gasteiger partial charge in [0.1, 0.15) is 0 Å². The molecular weight excluding hydrogens is 214 g/mol.